The summed E-state index contributed by atoms with van der Waals surface area (Å²) in [5.41, 5.74) is 2.04. The number of nitrogens with one attached hydrogen (secondary N) is 1. The Kier molecular flexibility index (Phi) is 5.77. The number of methoxy groups -OCH3 is 2. The third kappa shape index (κ3) is 4.77. The van der Waals surface area contributed by atoms with Gasteiger partial charge in [0.15, 0.2) is 0 Å². The van der Waals surface area contributed by atoms with Gasteiger partial charge in [0.2, 0.25) is 11.8 Å². The number of pyridine rings is 1. The van der Waals surface area contributed by atoms with E-state index >= 15 is 0 Å². The van der Waals surface area contributed by atoms with Crippen LogP contribution < -0.4 is 14.8 Å². The fourth-order valence-electron chi connectivity index (χ4n) is 2.05. The van der Waals surface area contributed by atoms with Crippen molar-refractivity contribution in [1.29, 1.82) is 0 Å². The molecule has 0 saturated heterocycles. The highest BCUT2D eigenvalue weighted by molar-refractivity contribution is 5.76. The number of hydrogen-bond donors (Lipinski definition) is 1. The molecule has 0 bridgehead atoms. The zero-order chi connectivity index (χ0) is 15.8. The first kappa shape index (κ1) is 15.8. The van der Waals surface area contributed by atoms with Gasteiger partial charge in [0.05, 0.1) is 14.2 Å². The van der Waals surface area contributed by atoms with Crippen LogP contribution >= 0.6 is 0 Å². The molecule has 0 unspecified atom stereocenters. The largest absolute Gasteiger partial charge is 0.497 e. The molecule has 2 rings (SSSR count). The van der Waals surface area contributed by atoms with Crippen LogP contribution in [-0.4, -0.2) is 25.1 Å². The van der Waals surface area contributed by atoms with Gasteiger partial charge in [0.1, 0.15) is 5.75 Å². The van der Waals surface area contributed by atoms with Crippen LogP contribution in [-0.2, 0) is 17.8 Å². The van der Waals surface area contributed by atoms with E-state index in [0.29, 0.717) is 25.3 Å². The lowest BCUT2D eigenvalue weighted by atomic mass is 10.1. The number of nitrogens with zero attached hydrogens (tertiary/aromatic N) is 1. The van der Waals surface area contributed by atoms with E-state index in [1.807, 2.05) is 36.4 Å². The summed E-state index contributed by atoms with van der Waals surface area (Å²) >= 11 is 0. The molecule has 5 heteroatoms. The summed E-state index contributed by atoms with van der Waals surface area (Å²) in [6, 6.07) is 11.4. The number of benzene rings is 1. The van der Waals surface area contributed by atoms with E-state index in [0.717, 1.165) is 16.9 Å². The fraction of sp³-hybridized carbons (Fsp3) is 0.294. The van der Waals surface area contributed by atoms with Gasteiger partial charge in [-0.15, -0.1) is 0 Å². The van der Waals surface area contributed by atoms with Crippen LogP contribution in [0.4, 0.5) is 0 Å². The van der Waals surface area contributed by atoms with Crippen LogP contribution in [0.3, 0.4) is 0 Å². The van der Waals surface area contributed by atoms with E-state index in [-0.39, 0.29) is 5.91 Å². The average Bonchev–Trinajstić information content (AvgIpc) is 2.58. The van der Waals surface area contributed by atoms with Crippen molar-refractivity contribution in [1.82, 2.24) is 10.3 Å². The van der Waals surface area contributed by atoms with Crippen molar-refractivity contribution in [2.24, 2.45) is 0 Å². The van der Waals surface area contributed by atoms with Gasteiger partial charge in [-0.3, -0.25) is 4.79 Å². The number of rotatable bonds is 7. The number of hydrogen-bond acceptors (Lipinski definition) is 4. The zero-order valence-electron chi connectivity index (χ0n) is 12.8. The lowest BCUT2D eigenvalue weighted by Gasteiger charge is -2.07. The van der Waals surface area contributed by atoms with Gasteiger partial charge in [-0.25, -0.2) is 4.98 Å². The number of carbonyl (C=O) groups excluding carboxylic acids is 1. The second-order valence-electron chi connectivity index (χ2n) is 4.83. The first-order chi connectivity index (χ1) is 10.7. The van der Waals surface area contributed by atoms with E-state index < -0.39 is 0 Å². The molecule has 22 heavy (non-hydrogen) atoms. The summed E-state index contributed by atoms with van der Waals surface area (Å²) in [5, 5.41) is 2.90. The highest BCUT2D eigenvalue weighted by atomic mass is 16.5. The molecule has 1 amide bonds. The Labute approximate surface area is 130 Å². The Balaban J connectivity index is 1.80. The monoisotopic (exact) mass is 300 g/mol. The molecule has 5 nitrogen and oxygen atoms in total. The minimum atomic E-state index is 0.0126. The molecule has 1 aromatic carbocycles. The van der Waals surface area contributed by atoms with Crippen molar-refractivity contribution in [2.75, 3.05) is 14.2 Å². The molecular weight excluding hydrogens is 280 g/mol. The average molecular weight is 300 g/mol. The predicted molar refractivity (Wildman–Crippen MR) is 84.0 cm³/mol. The maximum absolute atomic E-state index is 11.9. The Morgan fingerprint density at radius 2 is 2.00 bits per heavy atom. The van der Waals surface area contributed by atoms with Crippen molar-refractivity contribution in [3.63, 3.8) is 0 Å². The zero-order valence-corrected chi connectivity index (χ0v) is 12.8. The van der Waals surface area contributed by atoms with E-state index in [1.165, 1.54) is 0 Å². The number of aryl methyl sites for hydroxylation is 1. The molecule has 0 aliphatic carbocycles. The predicted octanol–water partition coefficient (Wildman–Crippen LogP) is 2.35. The van der Waals surface area contributed by atoms with E-state index in [9.17, 15) is 4.79 Å². The molecule has 0 atom stereocenters. The normalized spacial score (nSPS) is 10.1. The molecule has 0 fully saturated rings. The quantitative estimate of drug-likeness (QED) is 0.852. The highest BCUT2D eigenvalue weighted by Crippen LogP contribution is 2.14. The van der Waals surface area contributed by atoms with Gasteiger partial charge in [-0.1, -0.05) is 12.1 Å². The van der Waals surface area contributed by atoms with Gasteiger partial charge in [0, 0.05) is 25.2 Å². The molecule has 0 aliphatic heterocycles. The van der Waals surface area contributed by atoms with Gasteiger partial charge in [0.25, 0.3) is 0 Å². The number of carbonyl (C=O) groups is 1. The summed E-state index contributed by atoms with van der Waals surface area (Å²) in [7, 11) is 3.20. The Hall–Kier alpha value is -2.56. The van der Waals surface area contributed by atoms with Crippen molar-refractivity contribution < 1.29 is 14.3 Å². The maximum atomic E-state index is 11.9. The summed E-state index contributed by atoms with van der Waals surface area (Å²) in [6.07, 6.45) is 2.79. The number of aromatic nitrogens is 1. The van der Waals surface area contributed by atoms with Crippen LogP contribution in [0.25, 0.3) is 0 Å². The number of ether oxygens (including phenoxy) is 2. The molecule has 1 N–H and O–H groups in total. The lowest BCUT2D eigenvalue weighted by molar-refractivity contribution is -0.121. The molecule has 0 radical (unpaired) electrons. The highest BCUT2D eigenvalue weighted by Gasteiger charge is 2.04. The third-order valence-corrected chi connectivity index (χ3v) is 3.27. The summed E-state index contributed by atoms with van der Waals surface area (Å²) < 4.78 is 10.2. The van der Waals surface area contributed by atoms with E-state index in [2.05, 4.69) is 10.3 Å². The van der Waals surface area contributed by atoms with Crippen LogP contribution in [0.5, 0.6) is 11.6 Å². The van der Waals surface area contributed by atoms with Gasteiger partial charge in [-0.05, 0) is 35.7 Å². The second kappa shape index (κ2) is 8.02. The first-order valence-corrected chi connectivity index (χ1v) is 7.10. The van der Waals surface area contributed by atoms with Crippen molar-refractivity contribution >= 4 is 5.91 Å². The van der Waals surface area contributed by atoms with Crippen LogP contribution in [0, 0.1) is 0 Å². The van der Waals surface area contributed by atoms with Crippen molar-refractivity contribution in [2.45, 2.75) is 19.4 Å². The Morgan fingerprint density at radius 3 is 2.77 bits per heavy atom. The second-order valence-corrected chi connectivity index (χ2v) is 4.83. The lowest BCUT2D eigenvalue weighted by Crippen LogP contribution is -2.23. The molecular formula is C17H20N2O3. The fourth-order valence-corrected chi connectivity index (χ4v) is 2.05. The molecule has 1 heterocycles. The summed E-state index contributed by atoms with van der Waals surface area (Å²) in [4.78, 5) is 15.9. The summed E-state index contributed by atoms with van der Waals surface area (Å²) in [5.74, 6) is 1.36. The molecule has 116 valence electrons. The van der Waals surface area contributed by atoms with Gasteiger partial charge >= 0.3 is 0 Å². The van der Waals surface area contributed by atoms with E-state index in [4.69, 9.17) is 9.47 Å². The molecule has 0 saturated carbocycles. The summed E-state index contributed by atoms with van der Waals surface area (Å²) in [6.45, 7) is 0.468. The van der Waals surface area contributed by atoms with Crippen LogP contribution in [0.15, 0.2) is 42.6 Å². The SMILES string of the molecule is COc1cccc(CCC(=O)NCc2ccnc(OC)c2)c1. The maximum Gasteiger partial charge on any atom is 0.220 e. The number of amides is 1. The third-order valence-electron chi connectivity index (χ3n) is 3.27. The molecule has 0 spiro atoms. The van der Waals surface area contributed by atoms with Gasteiger partial charge in [-0.2, -0.15) is 0 Å². The minimum Gasteiger partial charge on any atom is -0.497 e. The van der Waals surface area contributed by atoms with Crippen LogP contribution in [0.2, 0.25) is 0 Å². The molecule has 1 aromatic heterocycles. The Bertz CT molecular complexity index is 575. The Morgan fingerprint density at radius 1 is 1.14 bits per heavy atom. The van der Waals surface area contributed by atoms with Crippen molar-refractivity contribution in [3.05, 3.63) is 53.7 Å². The van der Waals surface area contributed by atoms with Crippen molar-refractivity contribution in [3.8, 4) is 11.6 Å². The standard InChI is InChI=1S/C17H20N2O3/c1-21-15-5-3-4-13(10-15)6-7-16(20)19-12-14-8-9-18-17(11-14)22-2/h3-5,8-11H,6-7,12H2,1-2H3,(H,19,20). The smallest absolute Gasteiger partial charge is 0.220 e. The first-order valence-electron chi connectivity index (χ1n) is 7.10. The molecule has 0 aliphatic rings. The van der Waals surface area contributed by atoms with Crippen LogP contribution in [0.1, 0.15) is 17.5 Å². The van der Waals surface area contributed by atoms with Gasteiger partial charge < -0.3 is 14.8 Å². The molecule has 2 aromatic rings. The van der Waals surface area contributed by atoms with E-state index in [1.54, 1.807) is 20.4 Å². The topological polar surface area (TPSA) is 60.5 Å². The minimum absolute atomic E-state index is 0.0126.